The fourth-order valence-electron chi connectivity index (χ4n) is 4.07. The zero-order chi connectivity index (χ0) is 24.9. The van der Waals surface area contributed by atoms with Gasteiger partial charge in [0, 0.05) is 17.9 Å². The summed E-state index contributed by atoms with van der Waals surface area (Å²) in [4.78, 5) is 35.2. The van der Waals surface area contributed by atoms with Gasteiger partial charge in [-0.3, -0.25) is 9.59 Å². The molecule has 0 aliphatic heterocycles. The molecule has 182 valence electrons. The Bertz CT molecular complexity index is 1010. The van der Waals surface area contributed by atoms with E-state index in [1.54, 1.807) is 13.8 Å². The van der Waals surface area contributed by atoms with Crippen LogP contribution in [-0.4, -0.2) is 47.7 Å². The third-order valence-electron chi connectivity index (χ3n) is 5.81. The molecule has 34 heavy (non-hydrogen) atoms. The van der Waals surface area contributed by atoms with E-state index in [1.165, 1.54) is 0 Å². The highest BCUT2D eigenvalue weighted by Gasteiger charge is 2.30. The van der Waals surface area contributed by atoms with Gasteiger partial charge in [0.1, 0.15) is 12.6 Å². The van der Waals surface area contributed by atoms with Crippen LogP contribution in [0, 0.1) is 0 Å². The number of carboxylic acids is 1. The van der Waals surface area contributed by atoms with E-state index >= 15 is 0 Å². The summed E-state index contributed by atoms with van der Waals surface area (Å²) in [6.07, 6.45) is -4.54. The number of hydrogen-bond acceptors (Lipinski definition) is 4. The molecule has 7 nitrogen and oxygen atoms in total. The number of carbonyl (C=O) groups is 3. The molecule has 3 N–H and O–H groups in total. The fraction of sp³-hybridized carbons (Fsp3) is 0.400. The molecule has 0 spiro atoms. The molecule has 0 radical (unpaired) electrons. The largest absolute Gasteiger partial charge is 0.481 e. The maximum Gasteiger partial charge on any atom is 0.407 e. The van der Waals surface area contributed by atoms with E-state index in [-0.39, 0.29) is 25.4 Å². The first-order chi connectivity index (χ1) is 16.1. The number of halogens is 2. The van der Waals surface area contributed by atoms with Gasteiger partial charge in [-0.2, -0.15) is 0 Å². The van der Waals surface area contributed by atoms with Crippen molar-refractivity contribution in [1.29, 1.82) is 0 Å². The number of ether oxygens (including phenoxy) is 1. The van der Waals surface area contributed by atoms with Gasteiger partial charge in [0.25, 0.3) is 6.43 Å². The Morgan fingerprint density at radius 2 is 1.59 bits per heavy atom. The Kier molecular flexibility index (Phi) is 7.86. The van der Waals surface area contributed by atoms with Crippen LogP contribution in [0.5, 0.6) is 0 Å². The molecule has 1 aliphatic carbocycles. The summed E-state index contributed by atoms with van der Waals surface area (Å²) in [5.41, 5.74) is 3.55. The Morgan fingerprint density at radius 3 is 2.12 bits per heavy atom. The molecule has 0 saturated heterocycles. The molecule has 1 atom stereocenters. The van der Waals surface area contributed by atoms with E-state index in [4.69, 9.17) is 9.84 Å². The van der Waals surface area contributed by atoms with Crippen molar-refractivity contribution in [2.45, 2.75) is 57.0 Å². The van der Waals surface area contributed by atoms with Crippen LogP contribution >= 0.6 is 0 Å². The Morgan fingerprint density at radius 1 is 1.03 bits per heavy atom. The molecule has 0 fully saturated rings. The van der Waals surface area contributed by atoms with E-state index in [1.807, 2.05) is 53.8 Å². The third kappa shape index (κ3) is 6.30. The topological polar surface area (TPSA) is 105 Å². The van der Waals surface area contributed by atoms with Gasteiger partial charge in [0.15, 0.2) is 0 Å². The molecule has 3 rings (SSSR count). The molecular weight excluding hydrogens is 446 g/mol. The van der Waals surface area contributed by atoms with Crippen LogP contribution in [0.4, 0.5) is 13.6 Å². The SMILES string of the molecule is CC(C)(CCC(=O)NC(CC(=O)O)C(F)F)NC(=O)OCC1c2ccccc2-c2ccccc21. The van der Waals surface area contributed by atoms with Gasteiger partial charge >= 0.3 is 12.1 Å². The molecular formula is C25H28F2N2O5. The van der Waals surface area contributed by atoms with Gasteiger partial charge in [0.05, 0.1) is 6.42 Å². The van der Waals surface area contributed by atoms with Crippen molar-refractivity contribution in [3.05, 3.63) is 59.7 Å². The number of benzene rings is 2. The summed E-state index contributed by atoms with van der Waals surface area (Å²) < 4.78 is 31.3. The first-order valence-electron chi connectivity index (χ1n) is 11.0. The van der Waals surface area contributed by atoms with Crippen LogP contribution in [0.2, 0.25) is 0 Å². The van der Waals surface area contributed by atoms with Gasteiger partial charge in [-0.1, -0.05) is 48.5 Å². The van der Waals surface area contributed by atoms with Gasteiger partial charge in [0.2, 0.25) is 5.91 Å². The van der Waals surface area contributed by atoms with E-state index in [0.717, 1.165) is 22.3 Å². The molecule has 1 aliphatic rings. The summed E-state index contributed by atoms with van der Waals surface area (Å²) >= 11 is 0. The smallest absolute Gasteiger partial charge is 0.407 e. The number of fused-ring (bicyclic) bond motifs is 3. The minimum Gasteiger partial charge on any atom is -0.481 e. The minimum atomic E-state index is -2.99. The highest BCUT2D eigenvalue weighted by molar-refractivity contribution is 5.79. The quantitative estimate of drug-likeness (QED) is 0.476. The molecule has 0 bridgehead atoms. The van der Waals surface area contributed by atoms with Gasteiger partial charge in [-0.15, -0.1) is 0 Å². The van der Waals surface area contributed by atoms with Gasteiger partial charge in [-0.05, 0) is 42.5 Å². The van der Waals surface area contributed by atoms with Crippen LogP contribution in [0.15, 0.2) is 48.5 Å². The second kappa shape index (κ2) is 10.6. The lowest BCUT2D eigenvalue weighted by atomic mass is 9.98. The van der Waals surface area contributed by atoms with Crippen LogP contribution in [-0.2, 0) is 14.3 Å². The second-order valence-electron chi connectivity index (χ2n) is 8.94. The number of amides is 2. The summed E-state index contributed by atoms with van der Waals surface area (Å²) in [5.74, 6) is -2.23. The van der Waals surface area contributed by atoms with E-state index in [2.05, 4.69) is 5.32 Å². The summed E-state index contributed by atoms with van der Waals surface area (Å²) in [5, 5.41) is 13.4. The normalized spacial score (nSPS) is 13.7. The van der Waals surface area contributed by atoms with Gasteiger partial charge in [-0.25, -0.2) is 13.6 Å². The Hall–Kier alpha value is -3.49. The highest BCUT2D eigenvalue weighted by Crippen LogP contribution is 2.44. The molecule has 9 heteroatoms. The first-order valence-corrected chi connectivity index (χ1v) is 11.0. The maximum absolute atomic E-state index is 12.9. The Balaban J connectivity index is 1.52. The molecule has 0 saturated carbocycles. The summed E-state index contributed by atoms with van der Waals surface area (Å²) in [6, 6.07) is 14.2. The van der Waals surface area contributed by atoms with E-state index in [9.17, 15) is 23.2 Å². The van der Waals surface area contributed by atoms with Crippen LogP contribution in [0.1, 0.15) is 50.2 Å². The molecule has 0 aromatic heterocycles. The van der Waals surface area contributed by atoms with Crippen molar-refractivity contribution in [2.24, 2.45) is 0 Å². The van der Waals surface area contributed by atoms with E-state index in [0.29, 0.717) is 0 Å². The minimum absolute atomic E-state index is 0.0902. The fourth-order valence-corrected chi connectivity index (χ4v) is 4.07. The lowest BCUT2D eigenvalue weighted by Gasteiger charge is -2.26. The molecule has 2 amide bonds. The van der Waals surface area contributed by atoms with Crippen molar-refractivity contribution >= 4 is 18.0 Å². The third-order valence-corrected chi connectivity index (χ3v) is 5.81. The van der Waals surface area contributed by atoms with Crippen molar-refractivity contribution in [2.75, 3.05) is 6.61 Å². The zero-order valence-corrected chi connectivity index (χ0v) is 19.0. The first kappa shape index (κ1) is 25.1. The van der Waals surface area contributed by atoms with Crippen LogP contribution in [0.3, 0.4) is 0 Å². The maximum atomic E-state index is 12.9. The lowest BCUT2D eigenvalue weighted by Crippen LogP contribution is -2.46. The van der Waals surface area contributed by atoms with Crippen LogP contribution < -0.4 is 10.6 Å². The standard InChI is InChI=1S/C25H28F2N2O5/c1-25(2,12-11-21(30)28-20(23(26)27)13-22(31)32)29-24(33)34-14-19-17-9-5-3-7-15(17)16-8-4-6-10-18(16)19/h3-10,19-20,23H,11-14H2,1-2H3,(H,28,30)(H,29,33)(H,31,32). The summed E-state index contributed by atoms with van der Waals surface area (Å²) in [7, 11) is 0. The second-order valence-corrected chi connectivity index (χ2v) is 8.94. The van der Waals surface area contributed by atoms with Crippen LogP contribution in [0.25, 0.3) is 11.1 Å². The number of carboxylic acid groups (broad SMARTS) is 1. The zero-order valence-electron chi connectivity index (χ0n) is 19.0. The monoisotopic (exact) mass is 474 g/mol. The lowest BCUT2D eigenvalue weighted by molar-refractivity contribution is -0.139. The number of alkyl carbamates (subject to hydrolysis) is 1. The van der Waals surface area contributed by atoms with Crippen molar-refractivity contribution in [1.82, 2.24) is 10.6 Å². The average molecular weight is 475 g/mol. The molecule has 2 aromatic carbocycles. The molecule has 1 unspecified atom stereocenters. The van der Waals surface area contributed by atoms with Crippen molar-refractivity contribution < 1.29 is 33.0 Å². The predicted molar refractivity (Wildman–Crippen MR) is 122 cm³/mol. The predicted octanol–water partition coefficient (Wildman–Crippen LogP) is 4.31. The number of rotatable bonds is 10. The average Bonchev–Trinajstić information content (AvgIpc) is 3.09. The Labute approximate surface area is 196 Å². The number of nitrogens with one attached hydrogen (secondary N) is 2. The van der Waals surface area contributed by atoms with E-state index < -0.39 is 42.4 Å². The van der Waals surface area contributed by atoms with Crippen molar-refractivity contribution in [3.63, 3.8) is 0 Å². The van der Waals surface area contributed by atoms with Crippen molar-refractivity contribution in [3.8, 4) is 11.1 Å². The number of hydrogen-bond donors (Lipinski definition) is 3. The number of aliphatic carboxylic acids is 1. The number of carbonyl (C=O) groups excluding carboxylic acids is 2. The molecule has 2 aromatic rings. The highest BCUT2D eigenvalue weighted by atomic mass is 19.3. The van der Waals surface area contributed by atoms with Gasteiger partial charge < -0.3 is 20.5 Å². The number of alkyl halides is 2. The molecule has 0 heterocycles. The summed E-state index contributed by atoms with van der Waals surface area (Å²) in [6.45, 7) is 3.51.